The van der Waals surface area contributed by atoms with Crippen LogP contribution in [0.3, 0.4) is 0 Å². The number of anilines is 1. The minimum absolute atomic E-state index is 0.118. The van der Waals surface area contributed by atoms with Crippen molar-refractivity contribution in [1.82, 2.24) is 5.32 Å². The average molecular weight is 270 g/mol. The molecule has 0 amide bonds. The predicted octanol–water partition coefficient (Wildman–Crippen LogP) is 3.29. The van der Waals surface area contributed by atoms with Crippen molar-refractivity contribution in [3.05, 3.63) is 54.3 Å². The van der Waals surface area contributed by atoms with Gasteiger partial charge in [0, 0.05) is 31.2 Å². The lowest BCUT2D eigenvalue weighted by Crippen LogP contribution is -2.50. The highest BCUT2D eigenvalue weighted by Gasteiger charge is 2.22. The quantitative estimate of drug-likeness (QED) is 0.901. The monoisotopic (exact) mass is 270 g/mol. The van der Waals surface area contributed by atoms with E-state index in [1.54, 1.807) is 0 Å². The molecule has 1 aliphatic rings. The molecular formula is C17H19FN2. The van der Waals surface area contributed by atoms with Gasteiger partial charge in [-0.05, 0) is 18.6 Å². The zero-order valence-electron chi connectivity index (χ0n) is 11.6. The molecule has 3 rings (SSSR count). The second-order valence-corrected chi connectivity index (χ2v) is 5.25. The lowest BCUT2D eigenvalue weighted by molar-refractivity contribution is 0.491. The molecule has 2 aromatic rings. The maximum absolute atomic E-state index is 14.9. The van der Waals surface area contributed by atoms with Crippen LogP contribution in [-0.2, 0) is 0 Å². The second-order valence-electron chi connectivity index (χ2n) is 5.25. The van der Waals surface area contributed by atoms with Crippen LogP contribution in [0.4, 0.5) is 10.1 Å². The summed E-state index contributed by atoms with van der Waals surface area (Å²) in [5.41, 5.74) is 2.31. The van der Waals surface area contributed by atoms with Gasteiger partial charge in [0.05, 0.1) is 5.69 Å². The third-order valence-corrected chi connectivity index (χ3v) is 3.87. The van der Waals surface area contributed by atoms with Gasteiger partial charge < -0.3 is 10.2 Å². The minimum Gasteiger partial charge on any atom is -0.364 e. The lowest BCUT2D eigenvalue weighted by atomic mass is 10.0. The van der Waals surface area contributed by atoms with Crippen LogP contribution in [0.25, 0.3) is 11.1 Å². The standard InChI is InChI=1S/C17H19FN2/c1-13-12-19-10-11-20(13)16-9-5-8-15(17(16)18)14-6-3-2-4-7-14/h2-9,13,19H,10-12H2,1H3/t13-/m1/s1. The molecule has 104 valence electrons. The summed E-state index contributed by atoms with van der Waals surface area (Å²) >= 11 is 0. The van der Waals surface area contributed by atoms with Gasteiger partial charge in [-0.15, -0.1) is 0 Å². The van der Waals surface area contributed by atoms with Crippen LogP contribution < -0.4 is 10.2 Å². The zero-order valence-corrected chi connectivity index (χ0v) is 11.6. The Hall–Kier alpha value is -1.87. The third kappa shape index (κ3) is 2.41. The first-order valence-corrected chi connectivity index (χ1v) is 7.08. The molecule has 1 saturated heterocycles. The highest BCUT2D eigenvalue weighted by Crippen LogP contribution is 2.30. The lowest BCUT2D eigenvalue weighted by Gasteiger charge is -2.36. The fraction of sp³-hybridized carbons (Fsp3) is 0.294. The van der Waals surface area contributed by atoms with Crippen molar-refractivity contribution in [3.63, 3.8) is 0 Å². The summed E-state index contributed by atoms with van der Waals surface area (Å²) in [4.78, 5) is 2.15. The maximum atomic E-state index is 14.9. The summed E-state index contributed by atoms with van der Waals surface area (Å²) in [5.74, 6) is -0.118. The first-order valence-electron chi connectivity index (χ1n) is 7.08. The van der Waals surface area contributed by atoms with Gasteiger partial charge in [0.25, 0.3) is 0 Å². The van der Waals surface area contributed by atoms with E-state index in [1.165, 1.54) is 0 Å². The number of nitrogens with one attached hydrogen (secondary N) is 1. The summed E-state index contributed by atoms with van der Waals surface area (Å²) in [7, 11) is 0. The molecule has 0 aromatic heterocycles. The number of hydrogen-bond donors (Lipinski definition) is 1. The van der Waals surface area contributed by atoms with Crippen molar-refractivity contribution in [1.29, 1.82) is 0 Å². The Morgan fingerprint density at radius 2 is 1.90 bits per heavy atom. The molecule has 1 heterocycles. The van der Waals surface area contributed by atoms with Crippen molar-refractivity contribution in [3.8, 4) is 11.1 Å². The first-order chi connectivity index (χ1) is 9.77. The van der Waals surface area contributed by atoms with E-state index in [9.17, 15) is 4.39 Å². The molecule has 20 heavy (non-hydrogen) atoms. The molecule has 0 radical (unpaired) electrons. The van der Waals surface area contributed by atoms with Crippen LogP contribution in [0.5, 0.6) is 0 Å². The SMILES string of the molecule is C[C@@H]1CNCCN1c1cccc(-c2ccccc2)c1F. The fourth-order valence-electron chi connectivity index (χ4n) is 2.78. The Balaban J connectivity index is 2.01. The number of halogens is 1. The topological polar surface area (TPSA) is 15.3 Å². The van der Waals surface area contributed by atoms with Crippen molar-refractivity contribution >= 4 is 5.69 Å². The van der Waals surface area contributed by atoms with Crippen molar-refractivity contribution in [2.75, 3.05) is 24.5 Å². The number of benzene rings is 2. The Morgan fingerprint density at radius 1 is 1.10 bits per heavy atom. The van der Waals surface area contributed by atoms with E-state index in [0.717, 1.165) is 25.2 Å². The zero-order chi connectivity index (χ0) is 13.9. The van der Waals surface area contributed by atoms with E-state index in [4.69, 9.17) is 0 Å². The van der Waals surface area contributed by atoms with Crippen LogP contribution in [0.1, 0.15) is 6.92 Å². The summed E-state index contributed by atoms with van der Waals surface area (Å²) in [6, 6.07) is 15.7. The molecule has 1 fully saturated rings. The molecule has 0 unspecified atom stereocenters. The largest absolute Gasteiger partial charge is 0.364 e. The first kappa shape index (κ1) is 13.1. The van der Waals surface area contributed by atoms with E-state index in [2.05, 4.69) is 17.1 Å². The van der Waals surface area contributed by atoms with E-state index in [1.807, 2.05) is 48.5 Å². The highest BCUT2D eigenvalue weighted by molar-refractivity contribution is 5.70. The van der Waals surface area contributed by atoms with Gasteiger partial charge in [-0.3, -0.25) is 0 Å². The normalized spacial score (nSPS) is 19.1. The van der Waals surface area contributed by atoms with Gasteiger partial charge in [0.15, 0.2) is 5.82 Å². The van der Waals surface area contributed by atoms with Gasteiger partial charge in [-0.1, -0.05) is 42.5 Å². The van der Waals surface area contributed by atoms with E-state index < -0.39 is 0 Å². The minimum atomic E-state index is -0.118. The maximum Gasteiger partial charge on any atom is 0.154 e. The van der Waals surface area contributed by atoms with Gasteiger partial charge in [-0.2, -0.15) is 0 Å². The summed E-state index contributed by atoms with van der Waals surface area (Å²) in [6.07, 6.45) is 0. The molecule has 0 saturated carbocycles. The van der Waals surface area contributed by atoms with Gasteiger partial charge in [0.2, 0.25) is 0 Å². The number of piperazine rings is 1. The molecule has 0 bridgehead atoms. The van der Waals surface area contributed by atoms with Crippen LogP contribution in [0.15, 0.2) is 48.5 Å². The molecule has 1 N–H and O–H groups in total. The Labute approximate surface area is 119 Å². The number of hydrogen-bond acceptors (Lipinski definition) is 2. The number of rotatable bonds is 2. The molecule has 0 aliphatic carbocycles. The molecule has 3 heteroatoms. The average Bonchev–Trinajstić information content (AvgIpc) is 2.49. The second kappa shape index (κ2) is 5.63. The molecule has 1 atom stereocenters. The van der Waals surface area contributed by atoms with Crippen LogP contribution >= 0.6 is 0 Å². The van der Waals surface area contributed by atoms with Crippen LogP contribution in [0.2, 0.25) is 0 Å². The Kier molecular flexibility index (Phi) is 3.70. The van der Waals surface area contributed by atoms with Crippen molar-refractivity contribution in [2.45, 2.75) is 13.0 Å². The smallest absolute Gasteiger partial charge is 0.154 e. The van der Waals surface area contributed by atoms with Crippen molar-refractivity contribution < 1.29 is 4.39 Å². The fourth-order valence-corrected chi connectivity index (χ4v) is 2.78. The molecule has 2 nitrogen and oxygen atoms in total. The molecule has 2 aromatic carbocycles. The van der Waals surface area contributed by atoms with E-state index in [-0.39, 0.29) is 5.82 Å². The predicted molar refractivity (Wildman–Crippen MR) is 81.5 cm³/mol. The molecular weight excluding hydrogens is 251 g/mol. The van der Waals surface area contributed by atoms with Gasteiger partial charge in [0.1, 0.15) is 0 Å². The summed E-state index contributed by atoms with van der Waals surface area (Å²) in [5, 5.41) is 3.34. The van der Waals surface area contributed by atoms with Crippen molar-refractivity contribution in [2.24, 2.45) is 0 Å². The molecule has 1 aliphatic heterocycles. The number of nitrogens with zero attached hydrogens (tertiary/aromatic N) is 1. The van der Waals surface area contributed by atoms with E-state index >= 15 is 0 Å². The highest BCUT2D eigenvalue weighted by atomic mass is 19.1. The third-order valence-electron chi connectivity index (χ3n) is 3.87. The summed E-state index contributed by atoms with van der Waals surface area (Å²) < 4.78 is 14.9. The summed E-state index contributed by atoms with van der Waals surface area (Å²) in [6.45, 7) is 4.77. The van der Waals surface area contributed by atoms with Gasteiger partial charge in [-0.25, -0.2) is 4.39 Å². The Morgan fingerprint density at radius 3 is 2.65 bits per heavy atom. The van der Waals surface area contributed by atoms with E-state index in [0.29, 0.717) is 17.3 Å². The Bertz CT molecular complexity index is 583. The molecule has 0 spiro atoms. The van der Waals surface area contributed by atoms with Gasteiger partial charge >= 0.3 is 0 Å². The van der Waals surface area contributed by atoms with Crippen LogP contribution in [0, 0.1) is 5.82 Å². The van der Waals surface area contributed by atoms with Crippen LogP contribution in [-0.4, -0.2) is 25.7 Å².